The molecule has 7 heteroatoms. The SMILES string of the molecule is C[C@@H](O)[C@@H](C)Oc1nc([As]c2ccc(N)cc2)ncc1Br. The van der Waals surface area contributed by atoms with Gasteiger partial charge in [-0.25, -0.2) is 0 Å². The standard InChI is InChI=1S/C14H16AsBrN3O2/c1-8(20)9(2)21-13-12(16)7-18-14(19-13)15-10-3-5-11(17)6-4-10/h3-9,20H,17H2,1-2H3/t8-,9-/m1/s1. The van der Waals surface area contributed by atoms with Gasteiger partial charge in [0.2, 0.25) is 0 Å². The molecular weight excluding hydrogens is 397 g/mol. The second-order valence-corrected chi connectivity index (χ2v) is 7.84. The van der Waals surface area contributed by atoms with E-state index in [9.17, 15) is 5.11 Å². The van der Waals surface area contributed by atoms with Gasteiger partial charge in [-0.2, -0.15) is 0 Å². The molecule has 2 aromatic rings. The Hall–Kier alpha value is -1.10. The number of aliphatic hydroxyl groups excluding tert-OH is 1. The van der Waals surface area contributed by atoms with Crippen LogP contribution >= 0.6 is 15.9 Å². The summed E-state index contributed by atoms with van der Waals surface area (Å²) in [6.07, 6.45) is 0.775. The fourth-order valence-corrected chi connectivity index (χ4v) is 3.35. The molecule has 0 saturated heterocycles. The van der Waals surface area contributed by atoms with Crippen LogP contribution in [0.2, 0.25) is 0 Å². The first kappa shape index (κ1) is 16.3. The van der Waals surface area contributed by atoms with Crippen molar-refractivity contribution in [2.75, 3.05) is 5.73 Å². The van der Waals surface area contributed by atoms with Gasteiger partial charge in [0, 0.05) is 0 Å². The first-order valence-corrected chi connectivity index (χ1v) is 9.07. The number of nitrogens with zero attached hydrogens (tertiary/aromatic N) is 2. The monoisotopic (exact) mass is 412 g/mol. The van der Waals surface area contributed by atoms with Crippen molar-refractivity contribution in [1.29, 1.82) is 0 Å². The molecule has 2 rings (SSSR count). The van der Waals surface area contributed by atoms with E-state index in [1.54, 1.807) is 20.0 Å². The molecular formula is C14H16AsBrN3O2. The van der Waals surface area contributed by atoms with E-state index in [1.807, 2.05) is 24.3 Å². The number of hydrogen-bond donors (Lipinski definition) is 2. The summed E-state index contributed by atoms with van der Waals surface area (Å²) in [7, 11) is 0. The summed E-state index contributed by atoms with van der Waals surface area (Å²) >= 11 is 3.03. The average molecular weight is 413 g/mol. The molecule has 0 bridgehead atoms. The van der Waals surface area contributed by atoms with Gasteiger partial charge in [-0.15, -0.1) is 0 Å². The molecule has 0 aliphatic heterocycles. The van der Waals surface area contributed by atoms with Gasteiger partial charge in [0.25, 0.3) is 0 Å². The average Bonchev–Trinajstić information content (AvgIpc) is 2.45. The number of anilines is 1. The van der Waals surface area contributed by atoms with Gasteiger partial charge >= 0.3 is 139 Å². The first-order valence-electron chi connectivity index (χ1n) is 6.40. The third kappa shape index (κ3) is 4.70. The number of ether oxygens (including phenoxy) is 1. The van der Waals surface area contributed by atoms with Crippen molar-refractivity contribution in [2.24, 2.45) is 0 Å². The molecule has 3 N–H and O–H groups in total. The van der Waals surface area contributed by atoms with Crippen molar-refractivity contribution in [1.82, 2.24) is 9.97 Å². The zero-order valence-corrected chi connectivity index (χ0v) is 15.2. The number of halogens is 1. The molecule has 0 fully saturated rings. The summed E-state index contributed by atoms with van der Waals surface area (Å²) in [5.41, 5.74) is 6.42. The molecule has 21 heavy (non-hydrogen) atoms. The summed E-state index contributed by atoms with van der Waals surface area (Å²) in [6, 6.07) is 7.72. The number of aromatic nitrogens is 2. The Morgan fingerprint density at radius 3 is 2.57 bits per heavy atom. The second kappa shape index (κ2) is 7.25. The fraction of sp³-hybridized carbons (Fsp3) is 0.286. The van der Waals surface area contributed by atoms with Crippen molar-refractivity contribution in [3.63, 3.8) is 0 Å². The molecule has 0 amide bonds. The molecule has 2 atom stereocenters. The number of nitrogens with two attached hydrogens (primary N) is 1. The maximum absolute atomic E-state index is 9.51. The van der Waals surface area contributed by atoms with E-state index in [2.05, 4.69) is 25.9 Å². The Bertz CT molecular complexity index is 608. The van der Waals surface area contributed by atoms with E-state index in [-0.39, 0.29) is 21.9 Å². The van der Waals surface area contributed by atoms with Crippen LogP contribution in [0.5, 0.6) is 5.88 Å². The molecule has 0 unspecified atom stereocenters. The molecule has 111 valence electrons. The van der Waals surface area contributed by atoms with Crippen LogP contribution in [0, 0.1) is 0 Å². The first-order chi connectivity index (χ1) is 9.95. The molecule has 5 nitrogen and oxygen atoms in total. The van der Waals surface area contributed by atoms with E-state index >= 15 is 0 Å². The normalized spacial score (nSPS) is 14.3. The van der Waals surface area contributed by atoms with Crippen LogP contribution in [0.25, 0.3) is 0 Å². The minimum atomic E-state index is -0.569. The van der Waals surface area contributed by atoms with Crippen LogP contribution in [-0.4, -0.2) is 43.0 Å². The Balaban J connectivity index is 2.16. The number of nitrogen functional groups attached to an aromatic ring is 1. The number of rotatable bonds is 5. The summed E-state index contributed by atoms with van der Waals surface area (Å²) in [5.74, 6) is 0.458. The van der Waals surface area contributed by atoms with Gasteiger partial charge in [-0.1, -0.05) is 0 Å². The van der Waals surface area contributed by atoms with Gasteiger partial charge in [0.15, 0.2) is 0 Å². The van der Waals surface area contributed by atoms with Crippen molar-refractivity contribution >= 4 is 46.3 Å². The van der Waals surface area contributed by atoms with Crippen LogP contribution in [0.15, 0.2) is 34.9 Å². The second-order valence-electron chi connectivity index (χ2n) is 4.59. The van der Waals surface area contributed by atoms with E-state index in [1.165, 1.54) is 0 Å². The van der Waals surface area contributed by atoms with Crippen molar-refractivity contribution in [3.05, 3.63) is 34.9 Å². The van der Waals surface area contributed by atoms with Gasteiger partial charge in [0.1, 0.15) is 0 Å². The van der Waals surface area contributed by atoms with Crippen LogP contribution in [0.3, 0.4) is 0 Å². The predicted octanol–water partition coefficient (Wildman–Crippen LogP) is 0.624. The van der Waals surface area contributed by atoms with E-state index in [4.69, 9.17) is 10.5 Å². The topological polar surface area (TPSA) is 81.3 Å². The quantitative estimate of drug-likeness (QED) is 0.555. The zero-order chi connectivity index (χ0) is 15.4. The number of hydrogen-bond acceptors (Lipinski definition) is 5. The summed E-state index contributed by atoms with van der Waals surface area (Å²) in [5, 5.41) is 9.51. The number of aliphatic hydroxyl groups is 1. The van der Waals surface area contributed by atoms with Gasteiger partial charge in [-0.3, -0.25) is 0 Å². The maximum atomic E-state index is 9.51. The predicted molar refractivity (Wildman–Crippen MR) is 87.4 cm³/mol. The fourth-order valence-electron chi connectivity index (χ4n) is 1.42. The molecule has 1 radical (unpaired) electrons. The van der Waals surface area contributed by atoms with Crippen molar-refractivity contribution in [3.8, 4) is 5.88 Å². The van der Waals surface area contributed by atoms with Crippen molar-refractivity contribution < 1.29 is 9.84 Å². The van der Waals surface area contributed by atoms with Gasteiger partial charge < -0.3 is 0 Å². The Labute approximate surface area is 138 Å². The van der Waals surface area contributed by atoms with Gasteiger partial charge in [-0.05, 0) is 0 Å². The molecule has 0 aliphatic carbocycles. The minimum absolute atomic E-state index is 0.336. The van der Waals surface area contributed by atoms with Gasteiger partial charge in [0.05, 0.1) is 0 Å². The summed E-state index contributed by atoms with van der Waals surface area (Å²) in [4.78, 5) is 8.75. The summed E-state index contributed by atoms with van der Waals surface area (Å²) in [6.45, 7) is 3.48. The van der Waals surface area contributed by atoms with Crippen molar-refractivity contribution in [2.45, 2.75) is 26.1 Å². The van der Waals surface area contributed by atoms with Crippen LogP contribution in [0.4, 0.5) is 5.69 Å². The summed E-state index contributed by atoms with van der Waals surface area (Å²) < 4.78 is 8.24. The molecule has 1 heterocycles. The Morgan fingerprint density at radius 1 is 1.29 bits per heavy atom. The molecule has 1 aromatic carbocycles. The molecule has 0 aliphatic rings. The molecule has 0 saturated carbocycles. The van der Waals surface area contributed by atoms with E-state index < -0.39 is 6.10 Å². The third-order valence-corrected chi connectivity index (χ3v) is 5.38. The van der Waals surface area contributed by atoms with E-state index in [0.29, 0.717) is 10.4 Å². The Morgan fingerprint density at radius 2 is 1.95 bits per heavy atom. The number of benzene rings is 1. The third-order valence-electron chi connectivity index (χ3n) is 2.80. The Kier molecular flexibility index (Phi) is 5.62. The zero-order valence-electron chi connectivity index (χ0n) is 11.7. The van der Waals surface area contributed by atoms with E-state index in [0.717, 1.165) is 14.7 Å². The molecule has 0 spiro atoms. The van der Waals surface area contributed by atoms with Crippen LogP contribution in [-0.2, 0) is 0 Å². The van der Waals surface area contributed by atoms with Crippen LogP contribution < -0.4 is 19.4 Å². The van der Waals surface area contributed by atoms with Crippen LogP contribution in [0.1, 0.15) is 13.8 Å². The molecule has 1 aromatic heterocycles.